The van der Waals surface area contributed by atoms with Gasteiger partial charge < -0.3 is 16.2 Å². The fourth-order valence-electron chi connectivity index (χ4n) is 1.73. The molecule has 0 radical (unpaired) electrons. The number of carbonyl (C=O) groups is 1. The molecule has 4 heteroatoms. The summed E-state index contributed by atoms with van der Waals surface area (Å²) < 4.78 is 0. The Bertz CT molecular complexity index is 184. The topological polar surface area (TPSA) is 75.3 Å². The van der Waals surface area contributed by atoms with Crippen LogP contribution >= 0.6 is 0 Å². The second-order valence-electron chi connectivity index (χ2n) is 3.35. The van der Waals surface area contributed by atoms with Crippen molar-refractivity contribution in [3.8, 4) is 0 Å². The fourth-order valence-corrected chi connectivity index (χ4v) is 1.73. The summed E-state index contributed by atoms with van der Waals surface area (Å²) in [7, 11) is 0. The lowest BCUT2D eigenvalue weighted by Gasteiger charge is -2.37. The zero-order valence-electron chi connectivity index (χ0n) is 7.34. The van der Waals surface area contributed by atoms with Crippen molar-refractivity contribution in [1.82, 2.24) is 5.32 Å². The lowest BCUT2D eigenvalue weighted by atomic mass is 9.79. The van der Waals surface area contributed by atoms with Crippen LogP contribution < -0.4 is 11.1 Å². The average molecular weight is 172 g/mol. The molecule has 2 unspecified atom stereocenters. The molecule has 12 heavy (non-hydrogen) atoms. The largest absolute Gasteiger partial charge is 0.380 e. The zero-order chi connectivity index (χ0) is 9.19. The highest BCUT2D eigenvalue weighted by Gasteiger charge is 2.42. The van der Waals surface area contributed by atoms with Crippen LogP contribution in [0.1, 0.15) is 19.8 Å². The van der Waals surface area contributed by atoms with Crippen LogP contribution in [0.2, 0.25) is 0 Å². The quantitative estimate of drug-likeness (QED) is 0.511. The van der Waals surface area contributed by atoms with Gasteiger partial charge in [0.05, 0.1) is 0 Å². The Hall–Kier alpha value is -0.610. The molecule has 0 aliphatic carbocycles. The summed E-state index contributed by atoms with van der Waals surface area (Å²) in [6.45, 7) is 3.29. The van der Waals surface area contributed by atoms with Gasteiger partial charge in [0.1, 0.15) is 5.60 Å². The van der Waals surface area contributed by atoms with Gasteiger partial charge >= 0.3 is 0 Å². The van der Waals surface area contributed by atoms with Crippen molar-refractivity contribution in [3.05, 3.63) is 0 Å². The molecule has 70 valence electrons. The Morgan fingerprint density at radius 3 is 2.92 bits per heavy atom. The minimum absolute atomic E-state index is 0.0382. The van der Waals surface area contributed by atoms with E-state index in [9.17, 15) is 9.90 Å². The molecule has 2 atom stereocenters. The number of carbonyl (C=O) groups excluding carboxylic acids is 1. The number of aliphatic hydroxyl groups is 1. The van der Waals surface area contributed by atoms with Crippen LogP contribution in [0.3, 0.4) is 0 Å². The van der Waals surface area contributed by atoms with Crippen LogP contribution in [0, 0.1) is 5.92 Å². The molecule has 0 bridgehead atoms. The van der Waals surface area contributed by atoms with Crippen molar-refractivity contribution in [3.63, 3.8) is 0 Å². The van der Waals surface area contributed by atoms with Crippen molar-refractivity contribution < 1.29 is 9.90 Å². The molecular weight excluding hydrogens is 156 g/mol. The Labute approximate surface area is 72.1 Å². The van der Waals surface area contributed by atoms with Crippen LogP contribution in [-0.2, 0) is 4.79 Å². The molecular formula is C8H16N2O2. The second kappa shape index (κ2) is 3.41. The Kier molecular flexibility index (Phi) is 2.69. The van der Waals surface area contributed by atoms with E-state index in [4.69, 9.17) is 5.73 Å². The van der Waals surface area contributed by atoms with E-state index in [-0.39, 0.29) is 5.92 Å². The molecule has 1 aliphatic rings. The molecule has 1 saturated heterocycles. The highest BCUT2D eigenvalue weighted by atomic mass is 16.3. The third-order valence-electron chi connectivity index (χ3n) is 2.67. The summed E-state index contributed by atoms with van der Waals surface area (Å²) in [5.74, 6) is -0.625. The van der Waals surface area contributed by atoms with E-state index in [0.29, 0.717) is 19.5 Å². The maximum Gasteiger partial charge on any atom is 0.249 e. The summed E-state index contributed by atoms with van der Waals surface area (Å²) >= 11 is 0. The average Bonchev–Trinajstić information content (AvgIpc) is 2.05. The highest BCUT2D eigenvalue weighted by Crippen LogP contribution is 2.26. The van der Waals surface area contributed by atoms with Crippen LogP contribution in [-0.4, -0.2) is 29.7 Å². The standard InChI is InChI=1S/C8H16N2O2/c1-2-6-5-10-4-3-8(6,12)7(9)11/h6,10,12H,2-5H2,1H3,(H2,9,11). The number of piperidine rings is 1. The first-order valence-corrected chi connectivity index (χ1v) is 4.34. The molecule has 1 heterocycles. The Morgan fingerprint density at radius 2 is 2.50 bits per heavy atom. The molecule has 0 spiro atoms. The van der Waals surface area contributed by atoms with Crippen LogP contribution in [0.25, 0.3) is 0 Å². The number of hydrogen-bond acceptors (Lipinski definition) is 3. The maximum absolute atomic E-state index is 11.0. The smallest absolute Gasteiger partial charge is 0.249 e. The van der Waals surface area contributed by atoms with E-state index in [1.807, 2.05) is 6.92 Å². The molecule has 1 fully saturated rings. The molecule has 1 aliphatic heterocycles. The summed E-state index contributed by atoms with van der Waals surface area (Å²) in [5, 5.41) is 13.0. The van der Waals surface area contributed by atoms with Crippen molar-refractivity contribution in [1.29, 1.82) is 0 Å². The number of rotatable bonds is 2. The number of hydrogen-bond donors (Lipinski definition) is 3. The first-order chi connectivity index (χ1) is 5.61. The first-order valence-electron chi connectivity index (χ1n) is 4.34. The van der Waals surface area contributed by atoms with Gasteiger partial charge in [-0.15, -0.1) is 0 Å². The van der Waals surface area contributed by atoms with E-state index < -0.39 is 11.5 Å². The van der Waals surface area contributed by atoms with Crippen molar-refractivity contribution >= 4 is 5.91 Å². The summed E-state index contributed by atoms with van der Waals surface area (Å²) in [6, 6.07) is 0. The summed E-state index contributed by atoms with van der Waals surface area (Å²) in [6.07, 6.45) is 1.20. The predicted octanol–water partition coefficient (Wildman–Crippen LogP) is -0.778. The van der Waals surface area contributed by atoms with Crippen molar-refractivity contribution in [2.45, 2.75) is 25.4 Å². The summed E-state index contributed by atoms with van der Waals surface area (Å²) in [5.41, 5.74) is 3.87. The van der Waals surface area contributed by atoms with E-state index in [2.05, 4.69) is 5.32 Å². The minimum Gasteiger partial charge on any atom is -0.380 e. The maximum atomic E-state index is 11.0. The summed E-state index contributed by atoms with van der Waals surface area (Å²) in [4.78, 5) is 11.0. The zero-order valence-corrected chi connectivity index (χ0v) is 7.34. The Balaban J connectivity index is 2.75. The normalized spacial score (nSPS) is 36.3. The van der Waals surface area contributed by atoms with Crippen LogP contribution in [0.5, 0.6) is 0 Å². The third-order valence-corrected chi connectivity index (χ3v) is 2.67. The SMILES string of the molecule is CCC1CNCCC1(O)C(N)=O. The molecule has 0 aromatic rings. The Morgan fingerprint density at radius 1 is 1.83 bits per heavy atom. The minimum atomic E-state index is -1.28. The lowest BCUT2D eigenvalue weighted by Crippen LogP contribution is -2.57. The van der Waals surface area contributed by atoms with E-state index in [1.165, 1.54) is 0 Å². The third kappa shape index (κ3) is 1.44. The molecule has 0 aromatic heterocycles. The number of nitrogens with one attached hydrogen (secondary N) is 1. The van der Waals surface area contributed by atoms with Crippen molar-refractivity contribution in [2.24, 2.45) is 11.7 Å². The van der Waals surface area contributed by atoms with E-state index >= 15 is 0 Å². The lowest BCUT2D eigenvalue weighted by molar-refractivity contribution is -0.145. The molecule has 1 rings (SSSR count). The van der Waals surface area contributed by atoms with Gasteiger partial charge in [-0.3, -0.25) is 4.79 Å². The first kappa shape index (κ1) is 9.48. The number of primary amides is 1. The second-order valence-corrected chi connectivity index (χ2v) is 3.35. The van der Waals surface area contributed by atoms with Gasteiger partial charge in [0.25, 0.3) is 0 Å². The monoisotopic (exact) mass is 172 g/mol. The van der Waals surface area contributed by atoms with E-state index in [0.717, 1.165) is 6.42 Å². The van der Waals surface area contributed by atoms with Gasteiger partial charge in [0.15, 0.2) is 0 Å². The molecule has 0 aromatic carbocycles. The van der Waals surface area contributed by atoms with Gasteiger partial charge in [-0.25, -0.2) is 0 Å². The van der Waals surface area contributed by atoms with Gasteiger partial charge in [-0.05, 0) is 19.4 Å². The number of nitrogens with two attached hydrogens (primary N) is 1. The fraction of sp³-hybridized carbons (Fsp3) is 0.875. The molecule has 0 saturated carbocycles. The predicted molar refractivity (Wildman–Crippen MR) is 45.4 cm³/mol. The van der Waals surface area contributed by atoms with Gasteiger partial charge in [0.2, 0.25) is 5.91 Å². The molecule has 4 nitrogen and oxygen atoms in total. The van der Waals surface area contributed by atoms with Crippen LogP contribution in [0.4, 0.5) is 0 Å². The van der Waals surface area contributed by atoms with E-state index in [1.54, 1.807) is 0 Å². The van der Waals surface area contributed by atoms with Gasteiger partial charge in [-0.2, -0.15) is 0 Å². The highest BCUT2D eigenvalue weighted by molar-refractivity contribution is 5.83. The van der Waals surface area contributed by atoms with Crippen molar-refractivity contribution in [2.75, 3.05) is 13.1 Å². The molecule has 4 N–H and O–H groups in total. The van der Waals surface area contributed by atoms with Crippen LogP contribution in [0.15, 0.2) is 0 Å². The number of amides is 1. The van der Waals surface area contributed by atoms with Gasteiger partial charge in [0, 0.05) is 12.5 Å². The molecule has 1 amide bonds. The van der Waals surface area contributed by atoms with Gasteiger partial charge in [-0.1, -0.05) is 6.92 Å².